The summed E-state index contributed by atoms with van der Waals surface area (Å²) in [5, 5.41) is 2.68. The highest BCUT2D eigenvalue weighted by atomic mass is 19.2. The maximum absolute atomic E-state index is 12.6. The molecule has 0 heterocycles. The topological polar surface area (TPSA) is 21.3 Å². The van der Waals surface area contributed by atoms with Crippen LogP contribution in [0.5, 0.6) is 5.75 Å². The SMILES string of the molecule is CNc1cc(F)c(F)cc1OC. The van der Waals surface area contributed by atoms with Gasteiger partial charge in [-0.2, -0.15) is 0 Å². The molecule has 0 aromatic heterocycles. The third kappa shape index (κ3) is 1.47. The Balaban J connectivity index is 3.19. The van der Waals surface area contributed by atoms with Crippen molar-refractivity contribution in [2.75, 3.05) is 19.5 Å². The molecule has 0 bridgehead atoms. The Morgan fingerprint density at radius 1 is 1.25 bits per heavy atom. The second-order valence-electron chi connectivity index (χ2n) is 2.22. The molecule has 0 atom stereocenters. The molecule has 1 aromatic carbocycles. The van der Waals surface area contributed by atoms with Crippen molar-refractivity contribution >= 4 is 5.69 Å². The summed E-state index contributed by atoms with van der Waals surface area (Å²) in [6, 6.07) is 2.05. The minimum atomic E-state index is -0.911. The molecule has 0 saturated carbocycles. The Morgan fingerprint density at radius 3 is 2.33 bits per heavy atom. The van der Waals surface area contributed by atoms with Gasteiger partial charge in [0.15, 0.2) is 11.6 Å². The first-order valence-corrected chi connectivity index (χ1v) is 3.40. The van der Waals surface area contributed by atoms with E-state index >= 15 is 0 Å². The highest BCUT2D eigenvalue weighted by Gasteiger charge is 2.08. The van der Waals surface area contributed by atoms with Crippen molar-refractivity contribution in [1.29, 1.82) is 0 Å². The molecular formula is C8H9F2NO. The molecule has 0 unspecified atom stereocenters. The first-order valence-electron chi connectivity index (χ1n) is 3.40. The van der Waals surface area contributed by atoms with Crippen molar-refractivity contribution in [3.8, 4) is 5.75 Å². The van der Waals surface area contributed by atoms with E-state index in [1.165, 1.54) is 7.11 Å². The second kappa shape index (κ2) is 3.38. The predicted octanol–water partition coefficient (Wildman–Crippen LogP) is 2.02. The fraction of sp³-hybridized carbons (Fsp3) is 0.250. The highest BCUT2D eigenvalue weighted by Crippen LogP contribution is 2.26. The summed E-state index contributed by atoms with van der Waals surface area (Å²) in [4.78, 5) is 0. The molecule has 0 spiro atoms. The fourth-order valence-electron chi connectivity index (χ4n) is 0.893. The zero-order valence-corrected chi connectivity index (χ0v) is 6.82. The molecule has 0 fully saturated rings. The van der Waals surface area contributed by atoms with E-state index in [-0.39, 0.29) is 5.75 Å². The number of nitrogens with one attached hydrogen (secondary N) is 1. The third-order valence-corrected chi connectivity index (χ3v) is 1.51. The van der Waals surface area contributed by atoms with Gasteiger partial charge in [-0.15, -0.1) is 0 Å². The standard InChI is InChI=1S/C8H9F2NO/c1-11-7-3-5(9)6(10)4-8(7)12-2/h3-4,11H,1-2H3. The van der Waals surface area contributed by atoms with Gasteiger partial charge < -0.3 is 10.1 Å². The predicted molar refractivity (Wildman–Crippen MR) is 42.5 cm³/mol. The quantitative estimate of drug-likeness (QED) is 0.738. The van der Waals surface area contributed by atoms with E-state index in [4.69, 9.17) is 4.74 Å². The van der Waals surface area contributed by atoms with E-state index < -0.39 is 11.6 Å². The molecule has 0 saturated heterocycles. The van der Waals surface area contributed by atoms with Gasteiger partial charge in [0, 0.05) is 19.2 Å². The zero-order valence-electron chi connectivity index (χ0n) is 6.82. The van der Waals surface area contributed by atoms with Gasteiger partial charge in [0.05, 0.1) is 12.8 Å². The molecule has 2 nitrogen and oxygen atoms in total. The van der Waals surface area contributed by atoms with Crippen molar-refractivity contribution < 1.29 is 13.5 Å². The molecule has 0 radical (unpaired) electrons. The smallest absolute Gasteiger partial charge is 0.162 e. The van der Waals surface area contributed by atoms with Gasteiger partial charge in [-0.25, -0.2) is 8.78 Å². The number of halogens is 2. The molecule has 66 valence electrons. The van der Waals surface area contributed by atoms with Gasteiger partial charge in [0.1, 0.15) is 5.75 Å². The number of benzene rings is 1. The Morgan fingerprint density at radius 2 is 1.83 bits per heavy atom. The number of anilines is 1. The van der Waals surface area contributed by atoms with E-state index in [0.717, 1.165) is 12.1 Å². The molecule has 0 aliphatic carbocycles. The third-order valence-electron chi connectivity index (χ3n) is 1.51. The average Bonchev–Trinajstić information content (AvgIpc) is 2.09. The average molecular weight is 173 g/mol. The minimum absolute atomic E-state index is 0.288. The lowest BCUT2D eigenvalue weighted by molar-refractivity contribution is 0.408. The molecule has 0 amide bonds. The largest absolute Gasteiger partial charge is 0.494 e. The lowest BCUT2D eigenvalue weighted by atomic mass is 10.2. The van der Waals surface area contributed by atoms with E-state index in [1.807, 2.05) is 0 Å². The lowest BCUT2D eigenvalue weighted by Gasteiger charge is -2.07. The van der Waals surface area contributed by atoms with Crippen molar-refractivity contribution in [2.45, 2.75) is 0 Å². The van der Waals surface area contributed by atoms with Crippen LogP contribution in [-0.2, 0) is 0 Å². The summed E-state index contributed by atoms with van der Waals surface area (Å²) in [6.45, 7) is 0. The molecule has 1 rings (SSSR count). The number of methoxy groups -OCH3 is 1. The first kappa shape index (κ1) is 8.77. The summed E-state index contributed by atoms with van der Waals surface area (Å²) in [5.41, 5.74) is 0.427. The van der Waals surface area contributed by atoms with Crippen molar-refractivity contribution in [3.05, 3.63) is 23.8 Å². The van der Waals surface area contributed by atoms with Crippen LogP contribution in [0.2, 0.25) is 0 Å². The zero-order chi connectivity index (χ0) is 9.14. The Kier molecular flexibility index (Phi) is 2.47. The van der Waals surface area contributed by atoms with Crippen LogP contribution < -0.4 is 10.1 Å². The Hall–Kier alpha value is -1.32. The van der Waals surface area contributed by atoms with Crippen LogP contribution in [0.4, 0.5) is 14.5 Å². The number of hydrogen-bond acceptors (Lipinski definition) is 2. The molecule has 4 heteroatoms. The van der Waals surface area contributed by atoms with Gasteiger partial charge in [0.2, 0.25) is 0 Å². The van der Waals surface area contributed by atoms with Gasteiger partial charge >= 0.3 is 0 Å². The molecular weight excluding hydrogens is 164 g/mol. The van der Waals surface area contributed by atoms with Gasteiger partial charge in [-0.1, -0.05) is 0 Å². The molecule has 12 heavy (non-hydrogen) atoms. The number of rotatable bonds is 2. The van der Waals surface area contributed by atoms with Crippen LogP contribution >= 0.6 is 0 Å². The monoisotopic (exact) mass is 173 g/mol. The maximum Gasteiger partial charge on any atom is 0.162 e. The van der Waals surface area contributed by atoms with Crippen LogP contribution in [0.25, 0.3) is 0 Å². The van der Waals surface area contributed by atoms with E-state index in [1.54, 1.807) is 7.05 Å². The maximum atomic E-state index is 12.6. The minimum Gasteiger partial charge on any atom is -0.494 e. The van der Waals surface area contributed by atoms with E-state index in [9.17, 15) is 8.78 Å². The van der Waals surface area contributed by atoms with Crippen LogP contribution in [0, 0.1) is 11.6 Å². The lowest BCUT2D eigenvalue weighted by Crippen LogP contribution is -1.96. The van der Waals surface area contributed by atoms with Gasteiger partial charge in [-0.3, -0.25) is 0 Å². The molecule has 1 N–H and O–H groups in total. The molecule has 1 aromatic rings. The van der Waals surface area contributed by atoms with Crippen molar-refractivity contribution in [1.82, 2.24) is 0 Å². The van der Waals surface area contributed by atoms with Gasteiger partial charge in [-0.05, 0) is 0 Å². The number of hydrogen-bond donors (Lipinski definition) is 1. The van der Waals surface area contributed by atoms with Crippen molar-refractivity contribution in [3.63, 3.8) is 0 Å². The van der Waals surface area contributed by atoms with Crippen LogP contribution in [0.15, 0.2) is 12.1 Å². The normalized spacial score (nSPS) is 9.67. The first-order chi connectivity index (χ1) is 5.69. The molecule has 0 aliphatic rings. The summed E-state index contributed by atoms with van der Waals surface area (Å²) < 4.78 is 30.0. The fourth-order valence-corrected chi connectivity index (χ4v) is 0.893. The number of ether oxygens (including phenoxy) is 1. The Bertz CT molecular complexity index is 260. The van der Waals surface area contributed by atoms with Crippen LogP contribution in [0.1, 0.15) is 0 Å². The van der Waals surface area contributed by atoms with Crippen molar-refractivity contribution in [2.24, 2.45) is 0 Å². The van der Waals surface area contributed by atoms with E-state index in [0.29, 0.717) is 5.69 Å². The van der Waals surface area contributed by atoms with E-state index in [2.05, 4.69) is 5.32 Å². The summed E-state index contributed by atoms with van der Waals surface area (Å²) in [5.74, 6) is -1.51. The summed E-state index contributed by atoms with van der Waals surface area (Å²) in [6.07, 6.45) is 0. The summed E-state index contributed by atoms with van der Waals surface area (Å²) >= 11 is 0. The van der Waals surface area contributed by atoms with Crippen LogP contribution in [0.3, 0.4) is 0 Å². The Labute approximate surface area is 69.2 Å². The summed E-state index contributed by atoms with van der Waals surface area (Å²) in [7, 11) is 3.00. The van der Waals surface area contributed by atoms with Gasteiger partial charge in [0.25, 0.3) is 0 Å². The second-order valence-corrected chi connectivity index (χ2v) is 2.22. The van der Waals surface area contributed by atoms with Crippen LogP contribution in [-0.4, -0.2) is 14.2 Å². The highest BCUT2D eigenvalue weighted by molar-refractivity contribution is 5.56. The molecule has 0 aliphatic heterocycles.